The van der Waals surface area contributed by atoms with E-state index in [1.165, 1.54) is 23.2 Å². The molecular weight excluding hydrogens is 250 g/mol. The van der Waals surface area contributed by atoms with Gasteiger partial charge in [-0.05, 0) is 24.8 Å². The van der Waals surface area contributed by atoms with Crippen molar-refractivity contribution in [1.29, 1.82) is 0 Å². The van der Waals surface area contributed by atoms with Gasteiger partial charge >= 0.3 is 5.97 Å². The Hall–Kier alpha value is -1.69. The fraction of sp³-hybridized carbons (Fsp3) is 0.417. The van der Waals surface area contributed by atoms with Crippen LogP contribution in [0.2, 0.25) is 0 Å². The van der Waals surface area contributed by atoms with Crippen molar-refractivity contribution in [3.05, 3.63) is 16.8 Å². The maximum atomic E-state index is 10.5. The van der Waals surface area contributed by atoms with Gasteiger partial charge in [0, 0.05) is 11.4 Å². The van der Waals surface area contributed by atoms with E-state index in [9.17, 15) is 4.79 Å². The number of carbonyl (C=O) groups is 1. The predicted octanol–water partition coefficient (Wildman–Crippen LogP) is 2.07. The number of hydrogen-bond acceptors (Lipinski definition) is 5. The summed E-state index contributed by atoms with van der Waals surface area (Å²) in [6.07, 6.45) is 5.04. The standard InChI is InChI=1S/C12H13N3O2S/c16-9(17)4-5-13-11-10-7-2-1-3-8(7)18-12(10)15-6-14-11/h6H,1-5H2,(H,16,17)(H,13,14,15). The maximum Gasteiger partial charge on any atom is 0.305 e. The first-order valence-corrected chi connectivity index (χ1v) is 6.78. The molecule has 18 heavy (non-hydrogen) atoms. The molecule has 2 heterocycles. The molecule has 0 unspecified atom stereocenters. The molecule has 6 heteroatoms. The van der Waals surface area contributed by atoms with Gasteiger partial charge in [-0.15, -0.1) is 11.3 Å². The number of hydrogen-bond donors (Lipinski definition) is 2. The van der Waals surface area contributed by atoms with Gasteiger partial charge in [0.05, 0.1) is 11.8 Å². The van der Waals surface area contributed by atoms with E-state index in [0.29, 0.717) is 6.54 Å². The lowest BCUT2D eigenvalue weighted by Crippen LogP contribution is -2.09. The molecule has 0 saturated heterocycles. The molecule has 2 aromatic rings. The molecule has 1 aliphatic rings. The monoisotopic (exact) mass is 263 g/mol. The topological polar surface area (TPSA) is 75.1 Å². The van der Waals surface area contributed by atoms with Gasteiger partial charge < -0.3 is 10.4 Å². The molecule has 0 aromatic carbocycles. The average molecular weight is 263 g/mol. The Morgan fingerprint density at radius 2 is 2.33 bits per heavy atom. The number of aryl methyl sites for hydroxylation is 2. The molecule has 0 fully saturated rings. The molecule has 5 nitrogen and oxygen atoms in total. The summed E-state index contributed by atoms with van der Waals surface area (Å²) in [5, 5.41) is 12.9. The molecule has 0 spiro atoms. The minimum absolute atomic E-state index is 0.0951. The molecule has 2 N–H and O–H groups in total. The highest BCUT2D eigenvalue weighted by atomic mass is 32.1. The van der Waals surface area contributed by atoms with Gasteiger partial charge in [0.1, 0.15) is 17.0 Å². The van der Waals surface area contributed by atoms with Crippen LogP contribution in [0.4, 0.5) is 5.82 Å². The van der Waals surface area contributed by atoms with E-state index in [4.69, 9.17) is 5.11 Å². The lowest BCUT2D eigenvalue weighted by atomic mass is 10.2. The second kappa shape index (κ2) is 4.53. The van der Waals surface area contributed by atoms with Crippen molar-refractivity contribution in [3.63, 3.8) is 0 Å². The predicted molar refractivity (Wildman–Crippen MR) is 70.2 cm³/mol. The second-order valence-corrected chi connectivity index (χ2v) is 5.41. The van der Waals surface area contributed by atoms with Crippen molar-refractivity contribution in [1.82, 2.24) is 9.97 Å². The zero-order valence-corrected chi connectivity index (χ0v) is 10.6. The van der Waals surface area contributed by atoms with Gasteiger partial charge in [-0.1, -0.05) is 0 Å². The number of anilines is 1. The zero-order valence-electron chi connectivity index (χ0n) is 9.77. The largest absolute Gasteiger partial charge is 0.481 e. The quantitative estimate of drug-likeness (QED) is 0.883. The normalized spacial score (nSPS) is 13.8. The highest BCUT2D eigenvalue weighted by Gasteiger charge is 2.20. The fourth-order valence-electron chi connectivity index (χ4n) is 2.35. The number of thiophene rings is 1. The number of rotatable bonds is 4. The van der Waals surface area contributed by atoms with E-state index in [2.05, 4.69) is 15.3 Å². The highest BCUT2D eigenvalue weighted by Crippen LogP contribution is 2.38. The number of aromatic nitrogens is 2. The molecule has 0 bridgehead atoms. The molecule has 2 aromatic heterocycles. The van der Waals surface area contributed by atoms with E-state index >= 15 is 0 Å². The van der Waals surface area contributed by atoms with Crippen LogP contribution in [0, 0.1) is 0 Å². The third kappa shape index (κ3) is 1.92. The number of fused-ring (bicyclic) bond motifs is 3. The van der Waals surface area contributed by atoms with Crippen molar-refractivity contribution in [3.8, 4) is 0 Å². The third-order valence-electron chi connectivity index (χ3n) is 3.13. The summed E-state index contributed by atoms with van der Waals surface area (Å²) in [6.45, 7) is 0.395. The minimum atomic E-state index is -0.802. The molecule has 0 radical (unpaired) electrons. The van der Waals surface area contributed by atoms with Crippen LogP contribution in [0.3, 0.4) is 0 Å². The van der Waals surface area contributed by atoms with E-state index in [0.717, 1.165) is 28.9 Å². The molecule has 0 saturated carbocycles. The molecule has 0 atom stereocenters. The summed E-state index contributed by atoms with van der Waals surface area (Å²) >= 11 is 1.73. The number of aliphatic carboxylic acids is 1. The zero-order chi connectivity index (χ0) is 12.5. The number of carboxylic acids is 1. The first-order valence-electron chi connectivity index (χ1n) is 5.96. The highest BCUT2D eigenvalue weighted by molar-refractivity contribution is 7.19. The van der Waals surface area contributed by atoms with Crippen molar-refractivity contribution < 1.29 is 9.90 Å². The Morgan fingerprint density at radius 3 is 3.17 bits per heavy atom. The summed E-state index contributed by atoms with van der Waals surface area (Å²) in [5.41, 5.74) is 1.36. The SMILES string of the molecule is O=C(O)CCNc1ncnc2sc3c(c12)CCC3. The first kappa shape index (κ1) is 11.4. The lowest BCUT2D eigenvalue weighted by Gasteiger charge is -2.05. The van der Waals surface area contributed by atoms with Crippen LogP contribution in [-0.2, 0) is 17.6 Å². The van der Waals surface area contributed by atoms with Crippen LogP contribution in [-0.4, -0.2) is 27.6 Å². The fourth-order valence-corrected chi connectivity index (χ4v) is 3.58. The van der Waals surface area contributed by atoms with Gasteiger partial charge in [0.15, 0.2) is 0 Å². The molecule has 0 amide bonds. The van der Waals surface area contributed by atoms with Crippen molar-refractivity contribution >= 4 is 33.3 Å². The Labute approximate surface area is 108 Å². The number of carboxylic acid groups (broad SMARTS) is 1. The summed E-state index contributed by atoms with van der Waals surface area (Å²) in [6, 6.07) is 0. The molecule has 0 aliphatic heterocycles. The molecule has 1 aliphatic carbocycles. The van der Waals surface area contributed by atoms with E-state index in [1.54, 1.807) is 11.3 Å². The van der Waals surface area contributed by atoms with Gasteiger partial charge in [-0.25, -0.2) is 9.97 Å². The Balaban J connectivity index is 1.93. The summed E-state index contributed by atoms with van der Waals surface area (Å²) in [5.74, 6) is -0.0241. The van der Waals surface area contributed by atoms with Crippen LogP contribution in [0.25, 0.3) is 10.2 Å². The van der Waals surface area contributed by atoms with Crippen molar-refractivity contribution in [2.24, 2.45) is 0 Å². The van der Waals surface area contributed by atoms with Crippen LogP contribution in [0.1, 0.15) is 23.3 Å². The Morgan fingerprint density at radius 1 is 1.44 bits per heavy atom. The van der Waals surface area contributed by atoms with Gasteiger partial charge in [0.25, 0.3) is 0 Å². The average Bonchev–Trinajstić information content (AvgIpc) is 2.88. The molecule has 94 valence electrons. The van der Waals surface area contributed by atoms with Crippen LogP contribution < -0.4 is 5.32 Å². The van der Waals surface area contributed by atoms with Crippen molar-refractivity contribution in [2.45, 2.75) is 25.7 Å². The van der Waals surface area contributed by atoms with E-state index < -0.39 is 5.97 Å². The molecule has 3 rings (SSSR count). The summed E-state index contributed by atoms with van der Waals surface area (Å²) in [4.78, 5) is 21.5. The third-order valence-corrected chi connectivity index (χ3v) is 4.33. The summed E-state index contributed by atoms with van der Waals surface area (Å²) in [7, 11) is 0. The van der Waals surface area contributed by atoms with Gasteiger partial charge in [-0.2, -0.15) is 0 Å². The number of nitrogens with zero attached hydrogens (tertiary/aromatic N) is 2. The first-order chi connectivity index (χ1) is 8.75. The Bertz CT molecular complexity index is 609. The Kier molecular flexibility index (Phi) is 2.87. The van der Waals surface area contributed by atoms with E-state index in [-0.39, 0.29) is 6.42 Å². The van der Waals surface area contributed by atoms with Gasteiger partial charge in [-0.3, -0.25) is 4.79 Å². The second-order valence-electron chi connectivity index (χ2n) is 4.33. The van der Waals surface area contributed by atoms with Gasteiger partial charge in [0.2, 0.25) is 0 Å². The van der Waals surface area contributed by atoms with Crippen LogP contribution in [0.5, 0.6) is 0 Å². The van der Waals surface area contributed by atoms with E-state index in [1.807, 2.05) is 0 Å². The smallest absolute Gasteiger partial charge is 0.305 e. The van der Waals surface area contributed by atoms with Crippen LogP contribution >= 0.6 is 11.3 Å². The lowest BCUT2D eigenvalue weighted by molar-refractivity contribution is -0.136. The van der Waals surface area contributed by atoms with Crippen LogP contribution in [0.15, 0.2) is 6.33 Å². The minimum Gasteiger partial charge on any atom is -0.481 e. The molecular formula is C12H13N3O2S. The van der Waals surface area contributed by atoms with Crippen molar-refractivity contribution in [2.75, 3.05) is 11.9 Å². The maximum absolute atomic E-state index is 10.5. The number of nitrogens with one attached hydrogen (secondary N) is 1. The summed E-state index contributed by atoms with van der Waals surface area (Å²) < 4.78 is 0.